The first kappa shape index (κ1) is 26.4. The van der Waals surface area contributed by atoms with Gasteiger partial charge in [0.15, 0.2) is 0 Å². The first-order valence-corrected chi connectivity index (χ1v) is 12.5. The standard InChI is InChI=1S/C25H22Cl2FN7O4/c1-33-11-31-24-21(25(33)39)15(12-4-14(23(29)38)22(37)16(26)5-12)9-35(24)10-20(36)32-18-6-19(30-7-17(18)27)34-3-2-13(28)8-34/h4-7,9,11,13,37H,2-3,8,10H2,1H3,(H2,29,38)(H,30,32,36)/t13-/m1/s1. The van der Waals surface area contributed by atoms with Crippen molar-refractivity contribution >= 4 is 57.6 Å². The summed E-state index contributed by atoms with van der Waals surface area (Å²) >= 11 is 12.4. The van der Waals surface area contributed by atoms with Crippen LogP contribution in [0.3, 0.4) is 0 Å². The van der Waals surface area contributed by atoms with Crippen LogP contribution >= 0.6 is 23.2 Å². The summed E-state index contributed by atoms with van der Waals surface area (Å²) in [4.78, 5) is 48.4. The van der Waals surface area contributed by atoms with Crippen LogP contribution in [0.4, 0.5) is 15.9 Å². The molecule has 1 atom stereocenters. The van der Waals surface area contributed by atoms with Crippen LogP contribution in [0.1, 0.15) is 16.8 Å². The van der Waals surface area contributed by atoms with Crippen molar-refractivity contribution in [1.82, 2.24) is 19.1 Å². The number of nitrogens with zero attached hydrogens (tertiary/aromatic N) is 5. The van der Waals surface area contributed by atoms with Crippen LogP contribution in [0.2, 0.25) is 10.0 Å². The van der Waals surface area contributed by atoms with E-state index in [1.165, 1.54) is 47.0 Å². The number of hydrogen-bond acceptors (Lipinski definition) is 7. The summed E-state index contributed by atoms with van der Waals surface area (Å²) in [7, 11) is 1.52. The maximum atomic E-state index is 13.7. The summed E-state index contributed by atoms with van der Waals surface area (Å²) in [5, 5.41) is 13.1. The van der Waals surface area contributed by atoms with Crippen LogP contribution in [0, 0.1) is 0 Å². The average molecular weight is 574 g/mol. The van der Waals surface area contributed by atoms with Gasteiger partial charge in [-0.25, -0.2) is 14.4 Å². The van der Waals surface area contributed by atoms with E-state index in [0.717, 1.165) is 0 Å². The number of phenols is 1. The number of benzene rings is 1. The fourth-order valence-electron chi connectivity index (χ4n) is 4.51. The first-order chi connectivity index (χ1) is 18.5. The molecule has 1 aromatic carbocycles. The maximum absolute atomic E-state index is 13.7. The largest absolute Gasteiger partial charge is 0.506 e. The van der Waals surface area contributed by atoms with Crippen molar-refractivity contribution in [2.45, 2.75) is 19.1 Å². The molecule has 0 spiro atoms. The molecule has 1 aliphatic heterocycles. The van der Waals surface area contributed by atoms with Gasteiger partial charge in [-0.2, -0.15) is 0 Å². The van der Waals surface area contributed by atoms with E-state index in [9.17, 15) is 23.9 Å². The number of pyridine rings is 1. The highest BCUT2D eigenvalue weighted by Crippen LogP contribution is 2.36. The number of aromatic hydroxyl groups is 1. The van der Waals surface area contributed by atoms with Crippen LogP contribution in [0.15, 0.2) is 41.7 Å². The van der Waals surface area contributed by atoms with Gasteiger partial charge >= 0.3 is 0 Å². The Hall–Kier alpha value is -4.16. The van der Waals surface area contributed by atoms with Crippen LogP contribution in [0.5, 0.6) is 5.75 Å². The van der Waals surface area contributed by atoms with Crippen LogP contribution < -0.4 is 21.5 Å². The lowest BCUT2D eigenvalue weighted by atomic mass is 10.0. The van der Waals surface area contributed by atoms with E-state index >= 15 is 0 Å². The average Bonchev–Trinajstić information content (AvgIpc) is 3.48. The topological polar surface area (TPSA) is 148 Å². The number of primary amides is 1. The minimum Gasteiger partial charge on any atom is -0.506 e. The number of anilines is 2. The number of halogens is 3. The minimum absolute atomic E-state index is 0.138. The number of aromatic nitrogens is 4. The first-order valence-electron chi connectivity index (χ1n) is 11.7. The SMILES string of the molecule is Cn1cnc2c(c(-c3cc(Cl)c(O)c(C(N)=O)c3)cn2CC(=O)Nc2cc(N3CC[C@@H](F)C3)ncc2Cl)c1=O. The van der Waals surface area contributed by atoms with Gasteiger partial charge in [-0.3, -0.25) is 14.4 Å². The Kier molecular flexibility index (Phi) is 6.91. The van der Waals surface area contributed by atoms with Crippen LogP contribution in [-0.4, -0.2) is 55.3 Å². The van der Waals surface area contributed by atoms with Crippen molar-refractivity contribution in [3.63, 3.8) is 0 Å². The van der Waals surface area contributed by atoms with E-state index in [1.54, 1.807) is 11.0 Å². The number of amides is 2. The Morgan fingerprint density at radius 1 is 1.23 bits per heavy atom. The van der Waals surface area contributed by atoms with Crippen molar-refractivity contribution in [2.24, 2.45) is 12.8 Å². The molecule has 1 aliphatic rings. The highest BCUT2D eigenvalue weighted by atomic mass is 35.5. The lowest BCUT2D eigenvalue weighted by Crippen LogP contribution is -2.22. The van der Waals surface area contributed by atoms with E-state index in [2.05, 4.69) is 15.3 Å². The van der Waals surface area contributed by atoms with Gasteiger partial charge in [0.25, 0.3) is 11.5 Å². The smallest absolute Gasteiger partial charge is 0.263 e. The number of nitrogens with two attached hydrogens (primary N) is 1. The molecule has 4 aromatic rings. The Bertz CT molecular complexity index is 1700. The van der Waals surface area contributed by atoms with Gasteiger partial charge in [0.05, 0.1) is 45.8 Å². The predicted octanol–water partition coefficient (Wildman–Crippen LogP) is 3.10. The van der Waals surface area contributed by atoms with Gasteiger partial charge in [0.1, 0.15) is 29.9 Å². The Labute approximate surface area is 230 Å². The Morgan fingerprint density at radius 2 is 2.00 bits per heavy atom. The summed E-state index contributed by atoms with van der Waals surface area (Å²) < 4.78 is 16.4. The van der Waals surface area contributed by atoms with Crippen molar-refractivity contribution < 1.29 is 19.1 Å². The van der Waals surface area contributed by atoms with E-state index in [4.69, 9.17) is 28.9 Å². The number of carbonyl (C=O) groups is 2. The fraction of sp³-hybridized carbons (Fsp3) is 0.240. The number of nitrogens with one attached hydrogen (secondary N) is 1. The molecular formula is C25H22Cl2FN7O4. The molecule has 5 rings (SSSR count). The monoisotopic (exact) mass is 573 g/mol. The van der Waals surface area contributed by atoms with Gasteiger partial charge in [-0.15, -0.1) is 0 Å². The lowest BCUT2D eigenvalue weighted by Gasteiger charge is -2.18. The van der Waals surface area contributed by atoms with Crippen molar-refractivity contribution in [3.8, 4) is 16.9 Å². The second kappa shape index (κ2) is 10.2. The third kappa shape index (κ3) is 5.00. The summed E-state index contributed by atoms with van der Waals surface area (Å²) in [5.74, 6) is -1.38. The molecule has 1 saturated heterocycles. The summed E-state index contributed by atoms with van der Waals surface area (Å²) in [5.41, 5.74) is 5.90. The highest BCUT2D eigenvalue weighted by Gasteiger charge is 2.24. The molecular weight excluding hydrogens is 552 g/mol. The zero-order valence-corrected chi connectivity index (χ0v) is 22.0. The Balaban J connectivity index is 1.51. The third-order valence-electron chi connectivity index (χ3n) is 6.46. The van der Waals surface area contributed by atoms with Gasteiger partial charge in [0, 0.05) is 31.4 Å². The Morgan fingerprint density at radius 3 is 2.69 bits per heavy atom. The summed E-state index contributed by atoms with van der Waals surface area (Å²) in [6, 6.07) is 4.27. The predicted molar refractivity (Wildman–Crippen MR) is 145 cm³/mol. The second-order valence-electron chi connectivity index (χ2n) is 9.15. The van der Waals surface area contributed by atoms with E-state index in [-0.39, 0.29) is 39.7 Å². The van der Waals surface area contributed by atoms with Crippen molar-refractivity contribution in [1.29, 1.82) is 0 Å². The second-order valence-corrected chi connectivity index (χ2v) is 9.97. The molecule has 0 radical (unpaired) electrons. The minimum atomic E-state index is -0.945. The number of aryl methyl sites for hydroxylation is 1. The molecule has 0 saturated carbocycles. The molecule has 0 aliphatic carbocycles. The molecule has 3 aromatic heterocycles. The molecule has 39 heavy (non-hydrogen) atoms. The van der Waals surface area contributed by atoms with E-state index < -0.39 is 29.3 Å². The van der Waals surface area contributed by atoms with Crippen LogP contribution in [0.25, 0.3) is 22.2 Å². The molecule has 14 heteroatoms. The van der Waals surface area contributed by atoms with Gasteiger partial charge in [0.2, 0.25) is 5.91 Å². The van der Waals surface area contributed by atoms with Gasteiger partial charge in [-0.05, 0) is 24.1 Å². The van der Waals surface area contributed by atoms with E-state index in [0.29, 0.717) is 35.6 Å². The number of rotatable bonds is 6. The molecule has 0 bridgehead atoms. The molecule has 0 unspecified atom stereocenters. The van der Waals surface area contributed by atoms with Gasteiger partial charge < -0.3 is 30.2 Å². The zero-order chi connectivity index (χ0) is 28.0. The third-order valence-corrected chi connectivity index (χ3v) is 7.05. The van der Waals surface area contributed by atoms with E-state index in [1.807, 2.05) is 0 Å². The highest BCUT2D eigenvalue weighted by molar-refractivity contribution is 6.34. The number of hydrogen-bond donors (Lipinski definition) is 3. The summed E-state index contributed by atoms with van der Waals surface area (Å²) in [6.07, 6.45) is 3.69. The van der Waals surface area contributed by atoms with Crippen molar-refractivity contribution in [3.05, 3.63) is 62.9 Å². The molecule has 4 N–H and O–H groups in total. The number of fused-ring (bicyclic) bond motifs is 1. The van der Waals surface area contributed by atoms with Gasteiger partial charge in [-0.1, -0.05) is 23.2 Å². The van der Waals surface area contributed by atoms with Crippen LogP contribution in [-0.2, 0) is 18.4 Å². The fourth-order valence-corrected chi connectivity index (χ4v) is 4.88. The zero-order valence-electron chi connectivity index (χ0n) is 20.5. The molecule has 11 nitrogen and oxygen atoms in total. The number of carbonyl (C=O) groups excluding carboxylic acids is 2. The molecule has 202 valence electrons. The quantitative estimate of drug-likeness (QED) is 0.321. The maximum Gasteiger partial charge on any atom is 0.263 e. The molecule has 2 amide bonds. The summed E-state index contributed by atoms with van der Waals surface area (Å²) in [6.45, 7) is 0.454. The molecule has 4 heterocycles. The van der Waals surface area contributed by atoms with Crippen molar-refractivity contribution in [2.75, 3.05) is 23.3 Å². The molecule has 1 fully saturated rings. The lowest BCUT2D eigenvalue weighted by molar-refractivity contribution is -0.116. The number of alkyl halides is 1. The normalized spacial score (nSPS) is 15.2.